The molecule has 1 N–H and O–H groups in total. The number of ether oxygens (including phenoxy) is 1. The minimum atomic E-state index is -0.235. The molecule has 112 valence electrons. The molecule has 1 aromatic heterocycles. The first-order chi connectivity index (χ1) is 10.2. The Labute approximate surface area is 132 Å². The van der Waals surface area contributed by atoms with Crippen LogP contribution in [0.1, 0.15) is 19.4 Å². The Bertz CT molecular complexity index is 601. The molecule has 1 aromatic carbocycles. The van der Waals surface area contributed by atoms with Gasteiger partial charge >= 0.3 is 0 Å². The molecule has 1 heterocycles. The van der Waals surface area contributed by atoms with E-state index in [1.807, 2.05) is 31.2 Å². The van der Waals surface area contributed by atoms with Crippen LogP contribution in [0, 0.1) is 0 Å². The second-order valence-electron chi connectivity index (χ2n) is 4.14. The minimum absolute atomic E-state index is 0.0387. The molecule has 5 nitrogen and oxygen atoms in total. The van der Waals surface area contributed by atoms with E-state index in [9.17, 15) is 4.79 Å². The molecule has 0 unspecified atom stereocenters. The SMILES string of the molecule is CCSc1nnc(NC(=O)COc2cccc(CC)c2)s1. The summed E-state index contributed by atoms with van der Waals surface area (Å²) >= 11 is 2.97. The molecule has 0 radical (unpaired) electrons. The molecule has 0 aliphatic heterocycles. The number of hydrogen-bond acceptors (Lipinski definition) is 6. The van der Waals surface area contributed by atoms with Crippen LogP contribution >= 0.6 is 23.1 Å². The van der Waals surface area contributed by atoms with Crippen molar-refractivity contribution in [1.29, 1.82) is 0 Å². The van der Waals surface area contributed by atoms with Crippen LogP contribution in [0.15, 0.2) is 28.6 Å². The van der Waals surface area contributed by atoms with Gasteiger partial charge in [0.25, 0.3) is 5.91 Å². The molecule has 0 aliphatic rings. The van der Waals surface area contributed by atoms with Crippen molar-refractivity contribution in [2.45, 2.75) is 24.6 Å². The highest BCUT2D eigenvalue weighted by atomic mass is 32.2. The Balaban J connectivity index is 1.83. The number of hydrogen-bond donors (Lipinski definition) is 1. The minimum Gasteiger partial charge on any atom is -0.484 e. The van der Waals surface area contributed by atoms with Gasteiger partial charge < -0.3 is 4.74 Å². The highest BCUT2D eigenvalue weighted by molar-refractivity contribution is 8.01. The zero-order valence-electron chi connectivity index (χ0n) is 12.0. The lowest BCUT2D eigenvalue weighted by atomic mass is 10.2. The molecule has 2 rings (SSSR count). The summed E-state index contributed by atoms with van der Waals surface area (Å²) in [6.45, 7) is 4.08. The number of benzene rings is 1. The van der Waals surface area contributed by atoms with Gasteiger partial charge in [-0.1, -0.05) is 49.1 Å². The maximum atomic E-state index is 11.8. The van der Waals surface area contributed by atoms with Crippen LogP contribution in [0.25, 0.3) is 0 Å². The van der Waals surface area contributed by atoms with E-state index >= 15 is 0 Å². The smallest absolute Gasteiger partial charge is 0.264 e. The number of thioether (sulfide) groups is 1. The van der Waals surface area contributed by atoms with Crippen LogP contribution in [-0.4, -0.2) is 28.5 Å². The quantitative estimate of drug-likeness (QED) is 0.626. The van der Waals surface area contributed by atoms with Crippen molar-refractivity contribution in [3.8, 4) is 5.75 Å². The second-order valence-corrected chi connectivity index (χ2v) is 6.63. The highest BCUT2D eigenvalue weighted by Gasteiger charge is 2.09. The third-order valence-corrected chi connectivity index (χ3v) is 4.45. The third-order valence-electron chi connectivity index (χ3n) is 2.60. The average Bonchev–Trinajstić information content (AvgIpc) is 2.93. The van der Waals surface area contributed by atoms with Gasteiger partial charge in [0.2, 0.25) is 5.13 Å². The molecule has 1 amide bonds. The fourth-order valence-electron chi connectivity index (χ4n) is 1.60. The summed E-state index contributed by atoms with van der Waals surface area (Å²) in [5.41, 5.74) is 1.18. The Morgan fingerprint density at radius 2 is 2.24 bits per heavy atom. The van der Waals surface area contributed by atoms with Gasteiger partial charge in [-0.25, -0.2) is 0 Å². The maximum Gasteiger partial charge on any atom is 0.264 e. The summed E-state index contributed by atoms with van der Waals surface area (Å²) in [7, 11) is 0. The fourth-order valence-corrected chi connectivity index (χ4v) is 3.27. The molecule has 0 fully saturated rings. The highest BCUT2D eigenvalue weighted by Crippen LogP contribution is 2.24. The molecular formula is C14H17N3O2S2. The first-order valence-electron chi connectivity index (χ1n) is 6.69. The molecule has 0 bridgehead atoms. The van der Waals surface area contributed by atoms with E-state index in [0.717, 1.165) is 16.5 Å². The molecule has 0 aliphatic carbocycles. The molecule has 21 heavy (non-hydrogen) atoms. The van der Waals surface area contributed by atoms with Gasteiger partial charge in [-0.05, 0) is 29.9 Å². The van der Waals surface area contributed by atoms with E-state index in [-0.39, 0.29) is 12.5 Å². The average molecular weight is 323 g/mol. The summed E-state index contributed by atoms with van der Waals surface area (Å²) < 4.78 is 6.33. The number of carbonyl (C=O) groups is 1. The Kier molecular flexibility index (Phi) is 6.01. The maximum absolute atomic E-state index is 11.8. The summed E-state index contributed by atoms with van der Waals surface area (Å²) in [5, 5.41) is 11.1. The van der Waals surface area contributed by atoms with Crippen molar-refractivity contribution in [2.75, 3.05) is 17.7 Å². The van der Waals surface area contributed by atoms with E-state index in [1.54, 1.807) is 11.8 Å². The largest absolute Gasteiger partial charge is 0.484 e. The van der Waals surface area contributed by atoms with E-state index in [0.29, 0.717) is 10.9 Å². The number of anilines is 1. The van der Waals surface area contributed by atoms with E-state index in [1.165, 1.54) is 16.9 Å². The molecule has 7 heteroatoms. The first kappa shape index (κ1) is 15.8. The summed E-state index contributed by atoms with van der Waals surface area (Å²) in [5.74, 6) is 1.39. The van der Waals surface area contributed by atoms with Crippen LogP contribution in [0.3, 0.4) is 0 Å². The molecular weight excluding hydrogens is 306 g/mol. The predicted octanol–water partition coefficient (Wildman–Crippen LogP) is 3.23. The number of aromatic nitrogens is 2. The zero-order chi connectivity index (χ0) is 15.1. The number of rotatable bonds is 7. The van der Waals surface area contributed by atoms with Crippen molar-refractivity contribution in [3.63, 3.8) is 0 Å². The normalized spacial score (nSPS) is 10.4. The van der Waals surface area contributed by atoms with Crippen LogP contribution in [0.4, 0.5) is 5.13 Å². The molecule has 0 atom stereocenters. The van der Waals surface area contributed by atoms with Gasteiger partial charge in [0.15, 0.2) is 10.9 Å². The van der Waals surface area contributed by atoms with E-state index < -0.39 is 0 Å². The van der Waals surface area contributed by atoms with E-state index in [2.05, 4.69) is 22.4 Å². The summed E-state index contributed by atoms with van der Waals surface area (Å²) in [6, 6.07) is 7.73. The standard InChI is InChI=1S/C14H17N3O2S2/c1-3-10-6-5-7-11(8-10)19-9-12(18)15-13-16-17-14(21-13)20-4-2/h5-8H,3-4,9H2,1-2H3,(H,15,16,18). The Morgan fingerprint density at radius 1 is 1.38 bits per heavy atom. The van der Waals surface area contributed by atoms with Crippen molar-refractivity contribution in [1.82, 2.24) is 10.2 Å². The van der Waals surface area contributed by atoms with Crippen LogP contribution in [0.2, 0.25) is 0 Å². The summed E-state index contributed by atoms with van der Waals surface area (Å²) in [6.07, 6.45) is 0.937. The number of carbonyl (C=O) groups excluding carboxylic acids is 1. The number of nitrogens with zero attached hydrogens (tertiary/aromatic N) is 2. The third kappa shape index (κ3) is 5.02. The molecule has 0 saturated carbocycles. The second kappa shape index (κ2) is 7.99. The number of nitrogens with one attached hydrogen (secondary N) is 1. The van der Waals surface area contributed by atoms with Crippen molar-refractivity contribution in [3.05, 3.63) is 29.8 Å². The Hall–Kier alpha value is -1.60. The predicted molar refractivity (Wildman–Crippen MR) is 86.3 cm³/mol. The lowest BCUT2D eigenvalue weighted by Crippen LogP contribution is -2.20. The fraction of sp³-hybridized carbons (Fsp3) is 0.357. The van der Waals surface area contributed by atoms with Crippen molar-refractivity contribution >= 4 is 34.1 Å². The van der Waals surface area contributed by atoms with Gasteiger partial charge in [0, 0.05) is 0 Å². The van der Waals surface area contributed by atoms with Crippen molar-refractivity contribution in [2.24, 2.45) is 0 Å². The lowest BCUT2D eigenvalue weighted by Gasteiger charge is -2.06. The zero-order valence-corrected chi connectivity index (χ0v) is 13.6. The van der Waals surface area contributed by atoms with Gasteiger partial charge in [-0.2, -0.15) is 0 Å². The number of amides is 1. The summed E-state index contributed by atoms with van der Waals surface area (Å²) in [4.78, 5) is 11.8. The molecule has 2 aromatic rings. The van der Waals surface area contributed by atoms with Crippen LogP contribution in [0.5, 0.6) is 5.75 Å². The van der Waals surface area contributed by atoms with Crippen LogP contribution in [-0.2, 0) is 11.2 Å². The van der Waals surface area contributed by atoms with Gasteiger partial charge in [-0.15, -0.1) is 10.2 Å². The topological polar surface area (TPSA) is 64.1 Å². The monoisotopic (exact) mass is 323 g/mol. The number of aryl methyl sites for hydroxylation is 1. The van der Waals surface area contributed by atoms with Gasteiger partial charge in [-0.3, -0.25) is 10.1 Å². The Morgan fingerprint density at radius 3 is 3.00 bits per heavy atom. The first-order valence-corrected chi connectivity index (χ1v) is 8.49. The van der Waals surface area contributed by atoms with E-state index in [4.69, 9.17) is 4.74 Å². The van der Waals surface area contributed by atoms with Gasteiger partial charge in [0.05, 0.1) is 0 Å². The van der Waals surface area contributed by atoms with Crippen LogP contribution < -0.4 is 10.1 Å². The molecule has 0 saturated heterocycles. The lowest BCUT2D eigenvalue weighted by molar-refractivity contribution is -0.118. The molecule has 0 spiro atoms. The van der Waals surface area contributed by atoms with Gasteiger partial charge in [0.1, 0.15) is 5.75 Å². The van der Waals surface area contributed by atoms with Crippen molar-refractivity contribution < 1.29 is 9.53 Å².